The highest BCUT2D eigenvalue weighted by molar-refractivity contribution is 6.06. The molecule has 1 aromatic carbocycles. The first-order valence-corrected chi connectivity index (χ1v) is 8.29. The van der Waals surface area contributed by atoms with E-state index in [-0.39, 0.29) is 23.9 Å². The second-order valence-corrected chi connectivity index (χ2v) is 6.66. The van der Waals surface area contributed by atoms with Crippen molar-refractivity contribution in [1.29, 1.82) is 0 Å². The molecule has 0 spiro atoms. The first-order chi connectivity index (χ1) is 11.7. The van der Waals surface area contributed by atoms with Crippen molar-refractivity contribution in [2.75, 3.05) is 25.0 Å². The zero-order chi connectivity index (χ0) is 18.8. The Morgan fingerprint density at radius 3 is 2.60 bits per heavy atom. The summed E-state index contributed by atoms with van der Waals surface area (Å²) in [5.74, 6) is -1.30. The van der Waals surface area contributed by atoms with E-state index in [4.69, 9.17) is 4.74 Å². The zero-order valence-corrected chi connectivity index (χ0v) is 15.0. The van der Waals surface area contributed by atoms with Crippen molar-refractivity contribution in [3.05, 3.63) is 23.8 Å². The number of ether oxygens (including phenoxy) is 1. The molecule has 25 heavy (non-hydrogen) atoms. The van der Waals surface area contributed by atoms with Crippen molar-refractivity contribution in [2.24, 2.45) is 0 Å². The maximum atomic E-state index is 12.7. The Hall–Kier alpha value is -2.57. The average Bonchev–Trinajstić information content (AvgIpc) is 2.55. The van der Waals surface area contributed by atoms with Crippen molar-refractivity contribution in [2.45, 2.75) is 39.2 Å². The molecule has 1 N–H and O–H groups in total. The molecule has 0 radical (unpaired) electrons. The van der Waals surface area contributed by atoms with Gasteiger partial charge in [-0.05, 0) is 38.5 Å². The molecule has 7 heteroatoms. The second-order valence-electron chi connectivity index (χ2n) is 6.66. The molecule has 1 heterocycles. The molecule has 0 aromatic heterocycles. The third-order valence-electron chi connectivity index (χ3n) is 4.19. The van der Waals surface area contributed by atoms with Gasteiger partial charge in [-0.25, -0.2) is 4.79 Å². The molecule has 2 rings (SSSR count). The average molecular weight is 348 g/mol. The summed E-state index contributed by atoms with van der Waals surface area (Å²) >= 11 is 0. The number of anilines is 1. The summed E-state index contributed by atoms with van der Waals surface area (Å²) in [6.07, 6.45) is 1.84. The molecule has 136 valence electrons. The molecule has 0 aliphatic carbocycles. The number of carbonyl (C=O) groups is 3. The predicted octanol–water partition coefficient (Wildman–Crippen LogP) is 2.15. The normalized spacial score (nSPS) is 15.4. The molecular weight excluding hydrogens is 324 g/mol. The molecule has 1 aliphatic heterocycles. The zero-order valence-electron chi connectivity index (χ0n) is 15.0. The van der Waals surface area contributed by atoms with Crippen LogP contribution in [-0.2, 0) is 9.59 Å². The van der Waals surface area contributed by atoms with E-state index in [2.05, 4.69) is 0 Å². The summed E-state index contributed by atoms with van der Waals surface area (Å²) in [6, 6.07) is 4.30. The first-order valence-electron chi connectivity index (χ1n) is 8.29. The summed E-state index contributed by atoms with van der Waals surface area (Å²) in [4.78, 5) is 39.4. The van der Waals surface area contributed by atoms with Gasteiger partial charge >= 0.3 is 5.97 Å². The lowest BCUT2D eigenvalue weighted by atomic mass is 10.0. The van der Waals surface area contributed by atoms with Crippen molar-refractivity contribution >= 4 is 23.5 Å². The Morgan fingerprint density at radius 1 is 1.32 bits per heavy atom. The van der Waals surface area contributed by atoms with Crippen molar-refractivity contribution < 1.29 is 24.2 Å². The van der Waals surface area contributed by atoms with Crippen LogP contribution in [0, 0.1) is 0 Å². The highest BCUT2D eigenvalue weighted by Gasteiger charge is 2.42. The van der Waals surface area contributed by atoms with Gasteiger partial charge in [0, 0.05) is 13.6 Å². The Kier molecular flexibility index (Phi) is 5.35. The maximum absolute atomic E-state index is 12.7. The van der Waals surface area contributed by atoms with Gasteiger partial charge < -0.3 is 14.7 Å². The number of amides is 2. The van der Waals surface area contributed by atoms with Gasteiger partial charge in [0.05, 0.1) is 11.3 Å². The SMILES string of the molecule is CCCCN(C)C(=O)CN1C(=O)C(C)(C)Oc2ccc(C(=O)O)cc21. The quantitative estimate of drug-likeness (QED) is 0.851. The number of fused-ring (bicyclic) bond motifs is 1. The predicted molar refractivity (Wildman–Crippen MR) is 93.0 cm³/mol. The van der Waals surface area contributed by atoms with Crippen LogP contribution in [0.2, 0.25) is 0 Å². The highest BCUT2D eigenvalue weighted by Crippen LogP contribution is 2.38. The van der Waals surface area contributed by atoms with E-state index < -0.39 is 11.6 Å². The van der Waals surface area contributed by atoms with Crippen LogP contribution in [0.1, 0.15) is 44.0 Å². The van der Waals surface area contributed by atoms with E-state index in [1.807, 2.05) is 6.92 Å². The molecule has 0 saturated carbocycles. The van der Waals surface area contributed by atoms with Gasteiger partial charge in [-0.1, -0.05) is 13.3 Å². The van der Waals surface area contributed by atoms with Gasteiger partial charge in [-0.2, -0.15) is 0 Å². The summed E-state index contributed by atoms with van der Waals surface area (Å²) in [5, 5.41) is 9.19. The molecule has 2 amide bonds. The van der Waals surface area contributed by atoms with Crippen LogP contribution in [0.25, 0.3) is 0 Å². The fraction of sp³-hybridized carbons (Fsp3) is 0.500. The van der Waals surface area contributed by atoms with E-state index in [1.165, 1.54) is 23.1 Å². The number of carboxylic acids is 1. The Balaban J connectivity index is 2.35. The number of carbonyl (C=O) groups excluding carboxylic acids is 2. The van der Waals surface area contributed by atoms with Crippen LogP contribution in [0.3, 0.4) is 0 Å². The lowest BCUT2D eigenvalue weighted by Crippen LogP contribution is -2.55. The molecule has 7 nitrogen and oxygen atoms in total. The number of hydrogen-bond acceptors (Lipinski definition) is 4. The van der Waals surface area contributed by atoms with Crippen molar-refractivity contribution in [1.82, 2.24) is 4.90 Å². The minimum absolute atomic E-state index is 0.0339. The number of likely N-dealkylation sites (N-methyl/N-ethyl adjacent to an activating group) is 1. The second kappa shape index (κ2) is 7.13. The largest absolute Gasteiger partial charge is 0.478 e. The van der Waals surface area contributed by atoms with Crippen LogP contribution < -0.4 is 9.64 Å². The standard InChI is InChI=1S/C18H24N2O5/c1-5-6-9-19(4)15(21)11-20-13-10-12(16(22)23)7-8-14(13)25-18(2,3)17(20)24/h7-8,10H,5-6,9,11H2,1-4H3,(H,22,23). The fourth-order valence-corrected chi connectivity index (χ4v) is 2.63. The topological polar surface area (TPSA) is 87.2 Å². The first kappa shape index (κ1) is 18.8. The molecule has 1 aliphatic rings. The van der Waals surface area contributed by atoms with Crippen LogP contribution in [-0.4, -0.2) is 53.5 Å². The van der Waals surface area contributed by atoms with Crippen LogP contribution in [0.15, 0.2) is 18.2 Å². The monoisotopic (exact) mass is 348 g/mol. The molecule has 0 atom stereocenters. The summed E-state index contributed by atoms with van der Waals surface area (Å²) in [6.45, 7) is 5.75. The Bertz CT molecular complexity index is 699. The van der Waals surface area contributed by atoms with Crippen LogP contribution >= 0.6 is 0 Å². The van der Waals surface area contributed by atoms with Gasteiger partial charge in [0.15, 0.2) is 5.60 Å². The number of hydrogen-bond donors (Lipinski definition) is 1. The van der Waals surface area contributed by atoms with Gasteiger partial charge in [0.2, 0.25) is 5.91 Å². The molecule has 0 saturated heterocycles. The number of benzene rings is 1. The third-order valence-corrected chi connectivity index (χ3v) is 4.19. The van der Waals surface area contributed by atoms with Crippen molar-refractivity contribution in [3.8, 4) is 5.75 Å². The molecule has 0 unspecified atom stereocenters. The number of nitrogens with zero attached hydrogens (tertiary/aromatic N) is 2. The number of aromatic carboxylic acids is 1. The van der Waals surface area contributed by atoms with Gasteiger partial charge in [-0.15, -0.1) is 0 Å². The van der Waals surface area contributed by atoms with E-state index in [1.54, 1.807) is 25.8 Å². The number of unbranched alkanes of at least 4 members (excludes halogenated alkanes) is 1. The molecular formula is C18H24N2O5. The maximum Gasteiger partial charge on any atom is 0.335 e. The van der Waals surface area contributed by atoms with E-state index in [9.17, 15) is 19.5 Å². The van der Waals surface area contributed by atoms with Gasteiger partial charge in [0.25, 0.3) is 5.91 Å². The lowest BCUT2D eigenvalue weighted by Gasteiger charge is -2.39. The van der Waals surface area contributed by atoms with E-state index in [0.717, 1.165) is 12.8 Å². The molecule has 0 fully saturated rings. The van der Waals surface area contributed by atoms with Gasteiger partial charge in [-0.3, -0.25) is 14.5 Å². The molecule has 0 bridgehead atoms. The minimum Gasteiger partial charge on any atom is -0.478 e. The summed E-state index contributed by atoms with van der Waals surface area (Å²) in [7, 11) is 1.70. The fourth-order valence-electron chi connectivity index (χ4n) is 2.63. The minimum atomic E-state index is -1.12. The summed E-state index contributed by atoms with van der Waals surface area (Å²) in [5.41, 5.74) is -0.784. The van der Waals surface area contributed by atoms with E-state index in [0.29, 0.717) is 18.0 Å². The smallest absolute Gasteiger partial charge is 0.335 e. The molecule has 1 aromatic rings. The van der Waals surface area contributed by atoms with Crippen molar-refractivity contribution in [3.63, 3.8) is 0 Å². The van der Waals surface area contributed by atoms with E-state index >= 15 is 0 Å². The number of carboxylic acid groups (broad SMARTS) is 1. The number of rotatable bonds is 6. The van der Waals surface area contributed by atoms with Crippen LogP contribution in [0.4, 0.5) is 5.69 Å². The highest BCUT2D eigenvalue weighted by atomic mass is 16.5. The Morgan fingerprint density at radius 2 is 2.00 bits per heavy atom. The third kappa shape index (κ3) is 3.92. The van der Waals surface area contributed by atoms with Crippen LogP contribution in [0.5, 0.6) is 5.75 Å². The van der Waals surface area contributed by atoms with Gasteiger partial charge in [0.1, 0.15) is 12.3 Å². The lowest BCUT2D eigenvalue weighted by molar-refractivity contribution is -0.136. The summed E-state index contributed by atoms with van der Waals surface area (Å²) < 4.78 is 5.69. The Labute approximate surface area is 147 Å².